The van der Waals surface area contributed by atoms with Gasteiger partial charge in [0, 0.05) is 6.04 Å². The van der Waals surface area contributed by atoms with Gasteiger partial charge >= 0.3 is 0 Å². The topological polar surface area (TPSA) is 25.2 Å². The van der Waals surface area contributed by atoms with Crippen molar-refractivity contribution in [1.29, 1.82) is 0 Å². The van der Waals surface area contributed by atoms with Gasteiger partial charge in [-0.1, -0.05) is 25.7 Å². The van der Waals surface area contributed by atoms with Crippen LogP contribution in [0, 0.1) is 3.77 Å². The quantitative estimate of drug-likeness (QED) is 0.679. The number of hydrogen-bond donors (Lipinski definition) is 1. The van der Waals surface area contributed by atoms with E-state index in [4.69, 9.17) is 4.42 Å². The molecule has 1 heterocycles. The van der Waals surface area contributed by atoms with Gasteiger partial charge in [-0.15, -0.1) is 0 Å². The van der Waals surface area contributed by atoms with E-state index in [1.807, 2.05) is 6.07 Å². The van der Waals surface area contributed by atoms with Crippen LogP contribution in [0.1, 0.15) is 44.3 Å². The van der Waals surface area contributed by atoms with Crippen molar-refractivity contribution in [3.05, 3.63) is 21.7 Å². The van der Waals surface area contributed by atoms with Crippen LogP contribution in [-0.2, 0) is 6.54 Å². The molecule has 1 aromatic rings. The highest BCUT2D eigenvalue weighted by Crippen LogP contribution is 2.18. The molecule has 15 heavy (non-hydrogen) atoms. The van der Waals surface area contributed by atoms with Crippen molar-refractivity contribution >= 4 is 22.6 Å². The molecule has 3 heteroatoms. The summed E-state index contributed by atoms with van der Waals surface area (Å²) in [6, 6.07) is 4.78. The molecule has 0 bridgehead atoms. The monoisotopic (exact) mass is 319 g/mol. The van der Waals surface area contributed by atoms with Crippen LogP contribution < -0.4 is 5.32 Å². The lowest BCUT2D eigenvalue weighted by Crippen LogP contribution is -2.27. The van der Waals surface area contributed by atoms with Gasteiger partial charge in [-0.3, -0.25) is 0 Å². The average Bonchev–Trinajstić information content (AvgIpc) is 2.52. The Labute approximate surface area is 105 Å². The zero-order valence-corrected chi connectivity index (χ0v) is 11.1. The molecule has 1 N–H and O–H groups in total. The Bertz CT molecular complexity index is 290. The minimum atomic E-state index is 0.704. The minimum absolute atomic E-state index is 0.704. The van der Waals surface area contributed by atoms with Crippen molar-refractivity contribution in [2.75, 3.05) is 0 Å². The largest absolute Gasteiger partial charge is 0.454 e. The Balaban J connectivity index is 1.76. The molecule has 1 aromatic heterocycles. The lowest BCUT2D eigenvalue weighted by molar-refractivity contribution is 0.409. The molecule has 1 fully saturated rings. The molecule has 84 valence electrons. The smallest absolute Gasteiger partial charge is 0.164 e. The van der Waals surface area contributed by atoms with E-state index < -0.39 is 0 Å². The normalized spacial score (nSPS) is 19.0. The molecule has 0 spiro atoms. The van der Waals surface area contributed by atoms with Crippen molar-refractivity contribution < 1.29 is 4.42 Å². The van der Waals surface area contributed by atoms with Gasteiger partial charge in [0.1, 0.15) is 5.76 Å². The summed E-state index contributed by atoms with van der Waals surface area (Å²) in [7, 11) is 0. The summed E-state index contributed by atoms with van der Waals surface area (Å²) in [6.07, 6.45) is 8.25. The summed E-state index contributed by atoms with van der Waals surface area (Å²) in [5.74, 6) is 1.06. The molecule has 0 unspecified atom stereocenters. The molecule has 2 nitrogen and oxygen atoms in total. The average molecular weight is 319 g/mol. The Hall–Kier alpha value is -0.0300. The highest BCUT2D eigenvalue weighted by molar-refractivity contribution is 14.1. The second-order valence-electron chi connectivity index (χ2n) is 4.28. The van der Waals surface area contributed by atoms with Gasteiger partial charge in [-0.2, -0.15) is 0 Å². The van der Waals surface area contributed by atoms with E-state index in [2.05, 4.69) is 34.0 Å². The van der Waals surface area contributed by atoms with E-state index in [-0.39, 0.29) is 0 Å². The first kappa shape index (κ1) is 11.5. The molecular weight excluding hydrogens is 301 g/mol. The second-order valence-corrected chi connectivity index (χ2v) is 5.34. The molecule has 0 amide bonds. The van der Waals surface area contributed by atoms with Gasteiger partial charge in [-0.05, 0) is 47.6 Å². The lowest BCUT2D eigenvalue weighted by Gasteiger charge is -2.14. The fourth-order valence-corrected chi connectivity index (χ4v) is 2.64. The van der Waals surface area contributed by atoms with Crippen molar-refractivity contribution in [3.63, 3.8) is 0 Å². The van der Waals surface area contributed by atoms with Crippen LogP contribution >= 0.6 is 22.6 Å². The zero-order valence-electron chi connectivity index (χ0n) is 8.97. The van der Waals surface area contributed by atoms with Crippen LogP contribution in [0.4, 0.5) is 0 Å². The predicted octanol–water partition coefficient (Wildman–Crippen LogP) is 3.70. The summed E-state index contributed by atoms with van der Waals surface area (Å²) in [4.78, 5) is 0. The number of nitrogens with one attached hydrogen (secondary N) is 1. The summed E-state index contributed by atoms with van der Waals surface area (Å²) >= 11 is 2.21. The van der Waals surface area contributed by atoms with Gasteiger partial charge in [0.25, 0.3) is 0 Å². The van der Waals surface area contributed by atoms with Crippen LogP contribution in [0.25, 0.3) is 0 Å². The Kier molecular flexibility index (Phi) is 4.50. The molecule has 0 atom stereocenters. The molecule has 0 aromatic carbocycles. The Morgan fingerprint density at radius 1 is 1.20 bits per heavy atom. The molecule has 0 saturated heterocycles. The molecule has 1 aliphatic rings. The van der Waals surface area contributed by atoms with E-state index in [0.717, 1.165) is 16.1 Å². The van der Waals surface area contributed by atoms with E-state index in [0.29, 0.717) is 6.04 Å². The third-order valence-corrected chi connectivity index (χ3v) is 3.63. The fourth-order valence-electron chi connectivity index (χ4n) is 2.18. The SMILES string of the molecule is Ic1ccc(CNC2CCCCCC2)o1. The first-order chi connectivity index (χ1) is 7.34. The van der Waals surface area contributed by atoms with E-state index in [1.165, 1.54) is 38.5 Å². The van der Waals surface area contributed by atoms with E-state index in [9.17, 15) is 0 Å². The second kappa shape index (κ2) is 5.89. The van der Waals surface area contributed by atoms with Gasteiger partial charge < -0.3 is 9.73 Å². The molecule has 2 rings (SSSR count). The maximum absolute atomic E-state index is 5.53. The first-order valence-corrected chi connectivity index (χ1v) is 6.90. The standard InChI is InChI=1S/C12H18INO/c13-12-8-7-11(15-12)9-14-10-5-3-1-2-4-6-10/h7-8,10,14H,1-6,9H2. The summed E-state index contributed by atoms with van der Waals surface area (Å²) in [6.45, 7) is 0.883. The van der Waals surface area contributed by atoms with Crippen LogP contribution in [0.3, 0.4) is 0 Å². The molecular formula is C12H18INO. The minimum Gasteiger partial charge on any atom is -0.454 e. The molecule has 0 aliphatic heterocycles. The summed E-state index contributed by atoms with van der Waals surface area (Å²) in [5.41, 5.74) is 0. The van der Waals surface area contributed by atoms with Crippen molar-refractivity contribution in [3.8, 4) is 0 Å². The Morgan fingerprint density at radius 3 is 2.53 bits per heavy atom. The number of furan rings is 1. The first-order valence-electron chi connectivity index (χ1n) is 5.82. The van der Waals surface area contributed by atoms with Crippen molar-refractivity contribution in [2.45, 2.75) is 51.1 Å². The Morgan fingerprint density at radius 2 is 1.93 bits per heavy atom. The van der Waals surface area contributed by atoms with E-state index >= 15 is 0 Å². The summed E-state index contributed by atoms with van der Waals surface area (Å²) in [5, 5.41) is 3.59. The van der Waals surface area contributed by atoms with Gasteiger partial charge in [0.2, 0.25) is 0 Å². The molecule has 0 radical (unpaired) electrons. The van der Waals surface area contributed by atoms with Crippen LogP contribution in [0.5, 0.6) is 0 Å². The third kappa shape index (κ3) is 3.79. The zero-order chi connectivity index (χ0) is 10.5. The third-order valence-electron chi connectivity index (χ3n) is 3.05. The van der Waals surface area contributed by atoms with E-state index in [1.54, 1.807) is 0 Å². The van der Waals surface area contributed by atoms with Gasteiger partial charge in [-0.25, -0.2) is 0 Å². The van der Waals surface area contributed by atoms with Crippen LogP contribution in [0.15, 0.2) is 16.5 Å². The predicted molar refractivity (Wildman–Crippen MR) is 69.8 cm³/mol. The van der Waals surface area contributed by atoms with Gasteiger partial charge in [0.05, 0.1) is 6.54 Å². The maximum Gasteiger partial charge on any atom is 0.164 e. The number of halogens is 1. The molecule has 1 saturated carbocycles. The maximum atomic E-state index is 5.53. The fraction of sp³-hybridized carbons (Fsp3) is 0.667. The van der Waals surface area contributed by atoms with Crippen molar-refractivity contribution in [1.82, 2.24) is 5.32 Å². The highest BCUT2D eigenvalue weighted by atomic mass is 127. The lowest BCUT2D eigenvalue weighted by atomic mass is 10.1. The number of rotatable bonds is 3. The van der Waals surface area contributed by atoms with Crippen LogP contribution in [-0.4, -0.2) is 6.04 Å². The molecule has 1 aliphatic carbocycles. The number of hydrogen-bond acceptors (Lipinski definition) is 2. The van der Waals surface area contributed by atoms with Gasteiger partial charge in [0.15, 0.2) is 3.77 Å². The highest BCUT2D eigenvalue weighted by Gasteiger charge is 2.11. The summed E-state index contributed by atoms with van der Waals surface area (Å²) < 4.78 is 6.51. The van der Waals surface area contributed by atoms with Crippen molar-refractivity contribution in [2.24, 2.45) is 0 Å². The van der Waals surface area contributed by atoms with Crippen LogP contribution in [0.2, 0.25) is 0 Å².